The van der Waals surface area contributed by atoms with Gasteiger partial charge in [0.1, 0.15) is 0 Å². The van der Waals surface area contributed by atoms with Crippen LogP contribution in [0.1, 0.15) is 0 Å². The lowest BCUT2D eigenvalue weighted by atomic mass is 10.5. The summed E-state index contributed by atoms with van der Waals surface area (Å²) in [4.78, 5) is 6.31. The molecular weight excluding hydrogens is 196 g/mol. The summed E-state index contributed by atoms with van der Waals surface area (Å²) in [6.07, 6.45) is 0. The van der Waals surface area contributed by atoms with E-state index < -0.39 is 14.9 Å². The number of anilines is 3. The van der Waals surface area contributed by atoms with Crippen molar-refractivity contribution in [1.82, 2.24) is 9.97 Å². The van der Waals surface area contributed by atoms with E-state index in [9.17, 15) is 8.42 Å². The molecule has 0 spiro atoms. The minimum absolute atomic E-state index is 0.206. The molecule has 0 radical (unpaired) electrons. The van der Waals surface area contributed by atoms with Gasteiger partial charge in [0.2, 0.25) is 16.0 Å². The fourth-order valence-electron chi connectivity index (χ4n) is 0.796. The van der Waals surface area contributed by atoms with Crippen molar-refractivity contribution in [2.24, 2.45) is 5.14 Å². The second-order valence-electron chi connectivity index (χ2n) is 2.23. The van der Waals surface area contributed by atoms with Crippen LogP contribution in [-0.2, 0) is 10.0 Å². The van der Waals surface area contributed by atoms with Crippen LogP contribution < -0.4 is 22.3 Å². The molecule has 0 atom stereocenters. The Morgan fingerprint density at radius 1 is 1.00 bits per heavy atom. The van der Waals surface area contributed by atoms with E-state index in [1.165, 1.54) is 0 Å². The Kier molecular flexibility index (Phi) is 1.97. The Bertz CT molecular complexity index is 417. The highest BCUT2D eigenvalue weighted by atomic mass is 32.2. The maximum absolute atomic E-state index is 10.9. The zero-order valence-electron chi connectivity index (χ0n) is 6.43. The topological polar surface area (TPSA) is 164 Å². The molecule has 0 unspecified atom stereocenters. The summed E-state index contributed by atoms with van der Waals surface area (Å²) < 4.78 is 21.8. The number of nitrogen functional groups attached to an aromatic ring is 3. The number of rotatable bonds is 1. The zero-order chi connectivity index (χ0) is 10.2. The van der Waals surface area contributed by atoms with Gasteiger partial charge in [-0.3, -0.25) is 0 Å². The number of nitrogens with zero attached hydrogens (tertiary/aromatic N) is 2. The third kappa shape index (κ3) is 1.76. The average molecular weight is 204 g/mol. The number of nitrogens with two attached hydrogens (primary N) is 4. The molecule has 0 saturated carbocycles. The van der Waals surface area contributed by atoms with E-state index >= 15 is 0 Å². The summed E-state index contributed by atoms with van der Waals surface area (Å²) in [5, 5.41) is 4.80. The van der Waals surface area contributed by atoms with Crippen molar-refractivity contribution < 1.29 is 8.42 Å². The van der Waals surface area contributed by atoms with Crippen LogP contribution in [0.2, 0.25) is 0 Å². The third-order valence-electron chi connectivity index (χ3n) is 1.22. The number of primary sulfonamides is 1. The molecule has 0 fully saturated rings. The van der Waals surface area contributed by atoms with E-state index in [2.05, 4.69) is 9.97 Å². The lowest BCUT2D eigenvalue weighted by Crippen LogP contribution is -2.19. The highest BCUT2D eigenvalue weighted by Gasteiger charge is 2.19. The predicted molar refractivity (Wildman–Crippen MR) is 46.6 cm³/mol. The molecule has 0 bridgehead atoms. The lowest BCUT2D eigenvalue weighted by Gasteiger charge is -2.05. The van der Waals surface area contributed by atoms with E-state index in [0.717, 1.165) is 0 Å². The molecule has 1 rings (SSSR count). The molecule has 0 amide bonds. The number of hydrogen-bond donors (Lipinski definition) is 4. The SMILES string of the molecule is Nc1nc(N)c(S(N)(=O)=O)c(N)n1. The number of aromatic nitrogens is 2. The maximum Gasteiger partial charge on any atom is 0.245 e. The molecule has 0 aromatic carbocycles. The van der Waals surface area contributed by atoms with Crippen LogP contribution in [0, 0.1) is 0 Å². The van der Waals surface area contributed by atoms with Crippen molar-refractivity contribution in [3.63, 3.8) is 0 Å². The van der Waals surface area contributed by atoms with Crippen LogP contribution in [0.4, 0.5) is 17.6 Å². The first-order chi connectivity index (χ1) is 5.82. The fourth-order valence-corrected chi connectivity index (χ4v) is 1.47. The minimum atomic E-state index is -4.01. The van der Waals surface area contributed by atoms with Gasteiger partial charge in [0.05, 0.1) is 0 Å². The van der Waals surface area contributed by atoms with Crippen LogP contribution in [0.3, 0.4) is 0 Å². The Balaban J connectivity index is 3.57. The van der Waals surface area contributed by atoms with Crippen molar-refractivity contribution in [1.29, 1.82) is 0 Å². The molecule has 0 aliphatic heterocycles. The largest absolute Gasteiger partial charge is 0.382 e. The molecular formula is C4H8N6O2S. The third-order valence-corrected chi connectivity index (χ3v) is 2.21. The molecule has 1 aromatic heterocycles. The Hall–Kier alpha value is -1.61. The van der Waals surface area contributed by atoms with Gasteiger partial charge in [-0.1, -0.05) is 0 Å². The van der Waals surface area contributed by atoms with Gasteiger partial charge in [0.15, 0.2) is 16.5 Å². The van der Waals surface area contributed by atoms with Gasteiger partial charge in [-0.15, -0.1) is 0 Å². The predicted octanol–water partition coefficient (Wildman–Crippen LogP) is -2.13. The minimum Gasteiger partial charge on any atom is -0.382 e. The number of hydrogen-bond acceptors (Lipinski definition) is 7. The molecule has 1 aromatic rings. The fraction of sp³-hybridized carbons (Fsp3) is 0. The van der Waals surface area contributed by atoms with Gasteiger partial charge >= 0.3 is 0 Å². The van der Waals surface area contributed by atoms with Crippen LogP contribution >= 0.6 is 0 Å². The van der Waals surface area contributed by atoms with Gasteiger partial charge in [0.25, 0.3) is 0 Å². The molecule has 72 valence electrons. The van der Waals surface area contributed by atoms with E-state index in [-0.39, 0.29) is 17.6 Å². The Morgan fingerprint density at radius 2 is 1.38 bits per heavy atom. The van der Waals surface area contributed by atoms with Gasteiger partial charge in [-0.25, -0.2) is 13.6 Å². The first kappa shape index (κ1) is 9.48. The highest BCUT2D eigenvalue weighted by Crippen LogP contribution is 2.20. The smallest absolute Gasteiger partial charge is 0.245 e. The van der Waals surface area contributed by atoms with Crippen LogP contribution in [0.25, 0.3) is 0 Å². The highest BCUT2D eigenvalue weighted by molar-refractivity contribution is 7.89. The molecule has 0 aliphatic rings. The van der Waals surface area contributed by atoms with Crippen molar-refractivity contribution in [3.05, 3.63) is 0 Å². The van der Waals surface area contributed by atoms with Gasteiger partial charge in [0, 0.05) is 0 Å². The average Bonchev–Trinajstić information content (AvgIpc) is 1.78. The van der Waals surface area contributed by atoms with Gasteiger partial charge in [-0.05, 0) is 0 Å². The molecule has 0 saturated heterocycles. The van der Waals surface area contributed by atoms with Gasteiger partial charge < -0.3 is 17.2 Å². The van der Waals surface area contributed by atoms with Crippen molar-refractivity contribution >= 4 is 27.6 Å². The zero-order valence-corrected chi connectivity index (χ0v) is 7.25. The summed E-state index contributed by atoms with van der Waals surface area (Å²) >= 11 is 0. The second-order valence-corrected chi connectivity index (χ2v) is 3.72. The van der Waals surface area contributed by atoms with Crippen molar-refractivity contribution in [2.45, 2.75) is 4.90 Å². The molecule has 1 heterocycles. The Labute approximate surface area is 74.0 Å². The quantitative estimate of drug-likeness (QED) is 0.405. The lowest BCUT2D eigenvalue weighted by molar-refractivity contribution is 0.598. The molecule has 13 heavy (non-hydrogen) atoms. The van der Waals surface area contributed by atoms with Crippen LogP contribution in [0.15, 0.2) is 4.90 Å². The Morgan fingerprint density at radius 3 is 1.69 bits per heavy atom. The molecule has 0 aliphatic carbocycles. The van der Waals surface area contributed by atoms with E-state index in [4.69, 9.17) is 22.3 Å². The maximum atomic E-state index is 10.9. The monoisotopic (exact) mass is 204 g/mol. The summed E-state index contributed by atoms with van der Waals surface area (Å²) in [6.45, 7) is 0. The van der Waals surface area contributed by atoms with Crippen LogP contribution in [-0.4, -0.2) is 18.4 Å². The summed E-state index contributed by atoms with van der Waals surface area (Å²) in [5.41, 5.74) is 15.6. The van der Waals surface area contributed by atoms with Crippen molar-refractivity contribution in [3.8, 4) is 0 Å². The van der Waals surface area contributed by atoms with E-state index in [1.54, 1.807) is 0 Å². The molecule has 9 heteroatoms. The van der Waals surface area contributed by atoms with E-state index in [0.29, 0.717) is 0 Å². The number of sulfonamides is 1. The summed E-state index contributed by atoms with van der Waals surface area (Å²) in [5.74, 6) is -0.914. The summed E-state index contributed by atoms with van der Waals surface area (Å²) in [6, 6.07) is 0. The second kappa shape index (κ2) is 2.71. The van der Waals surface area contributed by atoms with Crippen molar-refractivity contribution in [2.75, 3.05) is 17.2 Å². The standard InChI is InChI=1S/C4H8N6O2S/c5-2-1(13(8,11)12)3(6)10-4(7)9-2/h(H2,8,11,12)(H6,5,6,7,9,10). The molecule has 8 nitrogen and oxygen atoms in total. The molecule has 8 N–H and O–H groups in total. The first-order valence-corrected chi connectivity index (χ1v) is 4.58. The van der Waals surface area contributed by atoms with Crippen LogP contribution in [0.5, 0.6) is 0 Å². The van der Waals surface area contributed by atoms with Gasteiger partial charge in [-0.2, -0.15) is 9.97 Å². The summed E-state index contributed by atoms with van der Waals surface area (Å²) in [7, 11) is -4.01. The normalized spacial score (nSPS) is 11.5. The first-order valence-electron chi connectivity index (χ1n) is 3.03. The van der Waals surface area contributed by atoms with E-state index in [1.807, 2.05) is 0 Å².